The van der Waals surface area contributed by atoms with Gasteiger partial charge in [-0.1, -0.05) is 19.1 Å². The predicted molar refractivity (Wildman–Crippen MR) is 72.1 cm³/mol. The maximum atomic E-state index is 11.7. The van der Waals surface area contributed by atoms with Crippen LogP contribution in [0.2, 0.25) is 0 Å². The SMILES string of the molecule is CCC(CCO)NC(=O)Nc1ccccc1Br. The number of benzene rings is 1. The van der Waals surface area contributed by atoms with Crippen LogP contribution in [0.3, 0.4) is 0 Å². The van der Waals surface area contributed by atoms with Crippen molar-refractivity contribution in [1.82, 2.24) is 5.32 Å². The number of rotatable bonds is 5. The Morgan fingerprint density at radius 1 is 1.47 bits per heavy atom. The fraction of sp³-hybridized carbons (Fsp3) is 0.417. The molecular weight excluding hydrogens is 284 g/mol. The molecule has 1 unspecified atom stereocenters. The summed E-state index contributed by atoms with van der Waals surface area (Å²) in [5.74, 6) is 0. The van der Waals surface area contributed by atoms with Crippen molar-refractivity contribution in [3.8, 4) is 0 Å². The molecule has 0 aliphatic rings. The van der Waals surface area contributed by atoms with Crippen molar-refractivity contribution in [2.75, 3.05) is 11.9 Å². The average Bonchev–Trinajstić information content (AvgIpc) is 2.31. The van der Waals surface area contributed by atoms with Gasteiger partial charge in [0.15, 0.2) is 0 Å². The number of anilines is 1. The molecule has 1 aromatic carbocycles. The topological polar surface area (TPSA) is 61.4 Å². The molecule has 0 aliphatic heterocycles. The molecule has 0 radical (unpaired) electrons. The number of halogens is 1. The van der Waals surface area contributed by atoms with E-state index in [1.54, 1.807) is 0 Å². The van der Waals surface area contributed by atoms with Gasteiger partial charge in [0.1, 0.15) is 0 Å². The molecule has 1 atom stereocenters. The highest BCUT2D eigenvalue weighted by Crippen LogP contribution is 2.20. The van der Waals surface area contributed by atoms with Gasteiger partial charge >= 0.3 is 6.03 Å². The number of carbonyl (C=O) groups excluding carboxylic acids is 1. The summed E-state index contributed by atoms with van der Waals surface area (Å²) in [4.78, 5) is 11.7. The molecule has 0 heterocycles. The number of urea groups is 1. The van der Waals surface area contributed by atoms with Crippen molar-refractivity contribution in [1.29, 1.82) is 0 Å². The molecule has 4 nitrogen and oxygen atoms in total. The van der Waals surface area contributed by atoms with Crippen molar-refractivity contribution < 1.29 is 9.90 Å². The Hall–Kier alpha value is -1.07. The second kappa shape index (κ2) is 7.29. The molecule has 17 heavy (non-hydrogen) atoms. The summed E-state index contributed by atoms with van der Waals surface area (Å²) in [5.41, 5.74) is 0.726. The summed E-state index contributed by atoms with van der Waals surface area (Å²) < 4.78 is 0.838. The van der Waals surface area contributed by atoms with Crippen LogP contribution >= 0.6 is 15.9 Å². The minimum atomic E-state index is -0.253. The van der Waals surface area contributed by atoms with Crippen LogP contribution in [0.4, 0.5) is 10.5 Å². The molecule has 0 fully saturated rings. The van der Waals surface area contributed by atoms with E-state index in [9.17, 15) is 4.79 Å². The molecule has 5 heteroatoms. The minimum Gasteiger partial charge on any atom is -0.396 e. The van der Waals surface area contributed by atoms with E-state index >= 15 is 0 Å². The van der Waals surface area contributed by atoms with E-state index in [4.69, 9.17) is 5.11 Å². The summed E-state index contributed by atoms with van der Waals surface area (Å²) in [7, 11) is 0. The smallest absolute Gasteiger partial charge is 0.319 e. The van der Waals surface area contributed by atoms with Gasteiger partial charge in [-0.25, -0.2) is 4.79 Å². The monoisotopic (exact) mass is 300 g/mol. The Labute approximate surface area is 110 Å². The number of amides is 2. The lowest BCUT2D eigenvalue weighted by atomic mass is 10.2. The van der Waals surface area contributed by atoms with Gasteiger partial charge < -0.3 is 15.7 Å². The molecule has 3 N–H and O–H groups in total. The molecule has 0 spiro atoms. The number of hydrogen-bond donors (Lipinski definition) is 3. The third-order valence-electron chi connectivity index (χ3n) is 2.43. The summed E-state index contributed by atoms with van der Waals surface area (Å²) in [6.07, 6.45) is 1.36. The van der Waals surface area contributed by atoms with Gasteiger partial charge in [-0.15, -0.1) is 0 Å². The maximum Gasteiger partial charge on any atom is 0.319 e. The summed E-state index contributed by atoms with van der Waals surface area (Å²) in [6, 6.07) is 7.16. The van der Waals surface area contributed by atoms with Crippen LogP contribution in [-0.4, -0.2) is 23.8 Å². The average molecular weight is 301 g/mol. The van der Waals surface area contributed by atoms with Gasteiger partial charge in [0.2, 0.25) is 0 Å². The lowest BCUT2D eigenvalue weighted by Gasteiger charge is -2.16. The zero-order valence-corrected chi connectivity index (χ0v) is 11.3. The predicted octanol–water partition coefficient (Wildman–Crippen LogP) is 2.73. The van der Waals surface area contributed by atoms with Crippen LogP contribution in [0.15, 0.2) is 28.7 Å². The highest BCUT2D eigenvalue weighted by Gasteiger charge is 2.10. The van der Waals surface area contributed by atoms with Gasteiger partial charge in [0, 0.05) is 17.1 Å². The Morgan fingerprint density at radius 2 is 2.18 bits per heavy atom. The second-order valence-corrected chi connectivity index (χ2v) is 4.55. The molecule has 2 amide bonds. The highest BCUT2D eigenvalue weighted by molar-refractivity contribution is 9.10. The van der Waals surface area contributed by atoms with Gasteiger partial charge in [-0.2, -0.15) is 0 Å². The van der Waals surface area contributed by atoms with Gasteiger partial charge in [-0.05, 0) is 40.9 Å². The van der Waals surface area contributed by atoms with Crippen molar-refractivity contribution in [2.24, 2.45) is 0 Å². The molecule has 1 rings (SSSR count). The first-order valence-electron chi connectivity index (χ1n) is 5.60. The number of carbonyl (C=O) groups is 1. The van der Waals surface area contributed by atoms with Gasteiger partial charge in [0.25, 0.3) is 0 Å². The molecule has 0 aliphatic carbocycles. The molecule has 0 saturated heterocycles. The van der Waals surface area contributed by atoms with Crippen molar-refractivity contribution in [2.45, 2.75) is 25.8 Å². The second-order valence-electron chi connectivity index (χ2n) is 3.70. The zero-order valence-electron chi connectivity index (χ0n) is 9.74. The molecule has 0 saturated carbocycles. The van der Waals surface area contributed by atoms with Crippen LogP contribution < -0.4 is 10.6 Å². The summed E-state index contributed by atoms with van der Waals surface area (Å²) in [6.45, 7) is 2.05. The van der Waals surface area contributed by atoms with E-state index in [0.717, 1.165) is 16.6 Å². The lowest BCUT2D eigenvalue weighted by molar-refractivity contribution is 0.237. The van der Waals surface area contributed by atoms with E-state index < -0.39 is 0 Å². The van der Waals surface area contributed by atoms with Gasteiger partial charge in [-0.3, -0.25) is 0 Å². The highest BCUT2D eigenvalue weighted by atomic mass is 79.9. The van der Waals surface area contributed by atoms with Gasteiger partial charge in [0.05, 0.1) is 5.69 Å². The molecule has 94 valence electrons. The Kier molecular flexibility index (Phi) is 6.00. The number of hydrogen-bond acceptors (Lipinski definition) is 2. The molecule has 0 aromatic heterocycles. The third-order valence-corrected chi connectivity index (χ3v) is 3.12. The number of nitrogens with one attached hydrogen (secondary N) is 2. The molecular formula is C12H17BrN2O2. The third kappa shape index (κ3) is 4.75. The fourth-order valence-corrected chi connectivity index (χ4v) is 1.82. The Morgan fingerprint density at radius 3 is 2.76 bits per heavy atom. The van der Waals surface area contributed by atoms with Crippen molar-refractivity contribution >= 4 is 27.6 Å². The zero-order chi connectivity index (χ0) is 12.7. The summed E-state index contributed by atoms with van der Waals surface area (Å²) >= 11 is 3.36. The first kappa shape index (κ1) is 14.0. The van der Waals surface area contributed by atoms with Crippen LogP contribution in [-0.2, 0) is 0 Å². The minimum absolute atomic E-state index is 0.00230. The quantitative estimate of drug-likeness (QED) is 0.783. The Bertz CT molecular complexity index is 371. The van der Waals surface area contributed by atoms with E-state index in [-0.39, 0.29) is 18.7 Å². The molecule has 0 bridgehead atoms. The van der Waals surface area contributed by atoms with Crippen LogP contribution in [0, 0.1) is 0 Å². The number of aliphatic hydroxyl groups is 1. The lowest BCUT2D eigenvalue weighted by Crippen LogP contribution is -2.38. The maximum absolute atomic E-state index is 11.7. The van der Waals surface area contributed by atoms with E-state index in [0.29, 0.717) is 6.42 Å². The number of aliphatic hydroxyl groups excluding tert-OH is 1. The first-order chi connectivity index (χ1) is 8.17. The fourth-order valence-electron chi connectivity index (χ4n) is 1.44. The van der Waals surface area contributed by atoms with E-state index in [2.05, 4.69) is 26.6 Å². The number of para-hydroxylation sites is 1. The standard InChI is InChI=1S/C12H17BrN2O2/c1-2-9(7-8-16)14-12(17)15-11-6-4-3-5-10(11)13/h3-6,9,16H,2,7-8H2,1H3,(H2,14,15,17). The van der Waals surface area contributed by atoms with Crippen LogP contribution in [0.5, 0.6) is 0 Å². The molecule has 1 aromatic rings. The first-order valence-corrected chi connectivity index (χ1v) is 6.39. The van der Waals surface area contributed by atoms with Crippen molar-refractivity contribution in [3.05, 3.63) is 28.7 Å². The van der Waals surface area contributed by atoms with Crippen LogP contribution in [0.25, 0.3) is 0 Å². The van der Waals surface area contributed by atoms with E-state index in [1.165, 1.54) is 0 Å². The van der Waals surface area contributed by atoms with Crippen molar-refractivity contribution in [3.63, 3.8) is 0 Å². The Balaban J connectivity index is 2.52. The van der Waals surface area contributed by atoms with E-state index in [1.807, 2.05) is 31.2 Å². The largest absolute Gasteiger partial charge is 0.396 e. The normalized spacial score (nSPS) is 11.9. The van der Waals surface area contributed by atoms with Crippen LogP contribution in [0.1, 0.15) is 19.8 Å². The summed E-state index contributed by atoms with van der Waals surface area (Å²) in [5, 5.41) is 14.4.